The quantitative estimate of drug-likeness (QED) is 0.790. The summed E-state index contributed by atoms with van der Waals surface area (Å²) < 4.78 is 0. The van der Waals surface area contributed by atoms with Crippen LogP contribution in [0.5, 0.6) is 0 Å². The van der Waals surface area contributed by atoms with Crippen molar-refractivity contribution in [2.75, 3.05) is 19.6 Å². The summed E-state index contributed by atoms with van der Waals surface area (Å²) in [5.41, 5.74) is 1.94. The first-order chi connectivity index (χ1) is 9.16. The molecule has 1 amide bonds. The minimum atomic E-state index is -0.0367. The molecule has 0 spiro atoms. The van der Waals surface area contributed by atoms with Crippen LogP contribution >= 0.6 is 0 Å². The van der Waals surface area contributed by atoms with Gasteiger partial charge in [-0.25, -0.2) is 0 Å². The highest BCUT2D eigenvalue weighted by molar-refractivity contribution is 5.92. The first kappa shape index (κ1) is 13.8. The Bertz CT molecular complexity index is 441. The van der Waals surface area contributed by atoms with Gasteiger partial charge >= 0.3 is 0 Å². The van der Waals surface area contributed by atoms with Crippen molar-refractivity contribution in [3.8, 4) is 0 Å². The van der Waals surface area contributed by atoms with Crippen molar-refractivity contribution in [3.63, 3.8) is 0 Å². The Kier molecular flexibility index (Phi) is 4.74. The minimum absolute atomic E-state index is 0.0367. The maximum atomic E-state index is 11.5. The van der Waals surface area contributed by atoms with Gasteiger partial charge in [0, 0.05) is 12.1 Å². The second-order valence-electron chi connectivity index (χ2n) is 5.36. The molecule has 0 saturated carbocycles. The fourth-order valence-electron chi connectivity index (χ4n) is 2.56. The van der Waals surface area contributed by atoms with Gasteiger partial charge in [0.2, 0.25) is 5.91 Å². The van der Waals surface area contributed by atoms with Crippen molar-refractivity contribution in [1.82, 2.24) is 10.6 Å². The lowest BCUT2D eigenvalue weighted by atomic mass is 9.89. The lowest BCUT2D eigenvalue weighted by Crippen LogP contribution is -2.33. The number of rotatable bonds is 5. The number of nitrogens with one attached hydrogen (secondary N) is 2. The van der Waals surface area contributed by atoms with Gasteiger partial charge in [-0.15, -0.1) is 0 Å². The fraction of sp³-hybridized carbons (Fsp3) is 0.438. The van der Waals surface area contributed by atoms with Crippen LogP contribution in [0.25, 0.3) is 0 Å². The highest BCUT2D eigenvalue weighted by Gasteiger charge is 2.27. The van der Waals surface area contributed by atoms with Gasteiger partial charge < -0.3 is 10.6 Å². The number of carbonyl (C=O) groups is 1. The van der Waals surface area contributed by atoms with E-state index in [2.05, 4.69) is 41.5 Å². The van der Waals surface area contributed by atoms with Gasteiger partial charge in [-0.2, -0.15) is 0 Å². The molecule has 2 N–H and O–H groups in total. The molecule has 3 nitrogen and oxygen atoms in total. The molecule has 0 aliphatic carbocycles. The molecule has 1 aliphatic rings. The average Bonchev–Trinajstić information content (AvgIpc) is 2.84. The Labute approximate surface area is 115 Å². The van der Waals surface area contributed by atoms with Gasteiger partial charge in [0.1, 0.15) is 0 Å². The Morgan fingerprint density at radius 2 is 2.00 bits per heavy atom. The molecule has 1 aromatic carbocycles. The van der Waals surface area contributed by atoms with Gasteiger partial charge in [0.25, 0.3) is 0 Å². The Morgan fingerprint density at radius 3 is 2.68 bits per heavy atom. The molecule has 1 fully saturated rings. The molecule has 102 valence electrons. The number of hydrogen-bond acceptors (Lipinski definition) is 2. The van der Waals surface area contributed by atoms with Crippen molar-refractivity contribution < 1.29 is 4.79 Å². The Morgan fingerprint density at radius 1 is 1.32 bits per heavy atom. The van der Waals surface area contributed by atoms with Gasteiger partial charge in [0.15, 0.2) is 0 Å². The lowest BCUT2D eigenvalue weighted by molar-refractivity contribution is -0.117. The monoisotopic (exact) mass is 258 g/mol. The molecule has 3 heteroatoms. The predicted octanol–water partition coefficient (Wildman–Crippen LogP) is 1.76. The zero-order chi connectivity index (χ0) is 13.7. The van der Waals surface area contributed by atoms with E-state index in [9.17, 15) is 4.79 Å². The van der Waals surface area contributed by atoms with Crippen molar-refractivity contribution in [3.05, 3.63) is 48.0 Å². The number of amides is 1. The maximum Gasteiger partial charge on any atom is 0.246 e. The van der Waals surface area contributed by atoms with Crippen molar-refractivity contribution in [2.24, 2.45) is 11.8 Å². The summed E-state index contributed by atoms with van der Waals surface area (Å²) in [6.45, 7) is 8.14. The molecule has 2 rings (SSSR count). The largest absolute Gasteiger partial charge is 0.352 e. The van der Waals surface area contributed by atoms with Gasteiger partial charge in [0.05, 0.1) is 0 Å². The predicted molar refractivity (Wildman–Crippen MR) is 77.8 cm³/mol. The van der Waals surface area contributed by atoms with E-state index < -0.39 is 0 Å². The molecule has 0 unspecified atom stereocenters. The van der Waals surface area contributed by atoms with Crippen LogP contribution in [0.1, 0.15) is 12.5 Å². The molecule has 0 bridgehead atoms. The molecular formula is C16H22N2O. The standard InChI is InChI=1S/C16H22N2O/c1-12(2)16(19)18-11-15-10-17-9-14(15)8-13-6-4-3-5-7-13/h3-7,14-15,17H,1,8-11H2,2H3,(H,18,19)/t14-,15+/m1/s1. The topological polar surface area (TPSA) is 41.1 Å². The van der Waals surface area contributed by atoms with Gasteiger partial charge in [-0.05, 0) is 43.8 Å². The van der Waals surface area contributed by atoms with Crippen LogP contribution in [0.2, 0.25) is 0 Å². The first-order valence-corrected chi connectivity index (χ1v) is 6.85. The van der Waals surface area contributed by atoms with E-state index >= 15 is 0 Å². The van der Waals surface area contributed by atoms with Crippen molar-refractivity contribution in [2.45, 2.75) is 13.3 Å². The third kappa shape index (κ3) is 3.93. The molecule has 1 aromatic rings. The van der Waals surface area contributed by atoms with E-state index in [1.165, 1.54) is 5.56 Å². The third-order valence-corrected chi connectivity index (χ3v) is 3.73. The van der Waals surface area contributed by atoms with Crippen LogP contribution in [0, 0.1) is 11.8 Å². The van der Waals surface area contributed by atoms with E-state index in [1.54, 1.807) is 6.92 Å². The number of carbonyl (C=O) groups excluding carboxylic acids is 1. The summed E-state index contributed by atoms with van der Waals surface area (Å²) in [5, 5.41) is 6.38. The molecule has 0 radical (unpaired) electrons. The molecule has 1 aliphatic heterocycles. The van der Waals surface area contributed by atoms with E-state index in [0.717, 1.165) is 26.1 Å². The summed E-state index contributed by atoms with van der Waals surface area (Å²) >= 11 is 0. The molecule has 2 atom stereocenters. The van der Waals surface area contributed by atoms with Crippen LogP contribution in [0.15, 0.2) is 42.5 Å². The zero-order valence-corrected chi connectivity index (χ0v) is 11.5. The highest BCUT2D eigenvalue weighted by atomic mass is 16.1. The summed E-state index contributed by atoms with van der Waals surface area (Å²) in [4.78, 5) is 11.5. The number of benzene rings is 1. The second-order valence-corrected chi connectivity index (χ2v) is 5.36. The van der Waals surface area contributed by atoms with E-state index in [4.69, 9.17) is 0 Å². The average molecular weight is 258 g/mol. The van der Waals surface area contributed by atoms with E-state index in [-0.39, 0.29) is 5.91 Å². The molecule has 0 aromatic heterocycles. The Hall–Kier alpha value is -1.61. The fourth-order valence-corrected chi connectivity index (χ4v) is 2.56. The van der Waals surface area contributed by atoms with Crippen LogP contribution in [-0.4, -0.2) is 25.5 Å². The van der Waals surface area contributed by atoms with E-state index in [1.807, 2.05) is 6.07 Å². The van der Waals surface area contributed by atoms with Crippen LogP contribution in [0.3, 0.4) is 0 Å². The van der Waals surface area contributed by atoms with Gasteiger partial charge in [-0.1, -0.05) is 36.9 Å². The summed E-state index contributed by atoms with van der Waals surface area (Å²) in [6, 6.07) is 10.5. The zero-order valence-electron chi connectivity index (χ0n) is 11.5. The van der Waals surface area contributed by atoms with Crippen LogP contribution in [0.4, 0.5) is 0 Å². The minimum Gasteiger partial charge on any atom is -0.352 e. The summed E-state index contributed by atoms with van der Waals surface area (Å²) in [5.74, 6) is 1.06. The van der Waals surface area contributed by atoms with Crippen LogP contribution in [-0.2, 0) is 11.2 Å². The first-order valence-electron chi connectivity index (χ1n) is 6.85. The normalized spacial score (nSPS) is 22.2. The number of hydrogen-bond donors (Lipinski definition) is 2. The summed E-state index contributed by atoms with van der Waals surface area (Å²) in [6.07, 6.45) is 1.07. The van der Waals surface area contributed by atoms with Crippen molar-refractivity contribution >= 4 is 5.91 Å². The van der Waals surface area contributed by atoms with E-state index in [0.29, 0.717) is 17.4 Å². The third-order valence-electron chi connectivity index (χ3n) is 3.73. The SMILES string of the molecule is C=C(C)C(=O)NC[C@@H]1CNC[C@H]1Cc1ccccc1. The van der Waals surface area contributed by atoms with Crippen molar-refractivity contribution in [1.29, 1.82) is 0 Å². The molecular weight excluding hydrogens is 236 g/mol. The lowest BCUT2D eigenvalue weighted by Gasteiger charge is -2.19. The molecule has 1 saturated heterocycles. The molecule has 1 heterocycles. The maximum absolute atomic E-state index is 11.5. The molecule has 19 heavy (non-hydrogen) atoms. The highest BCUT2D eigenvalue weighted by Crippen LogP contribution is 2.21. The summed E-state index contributed by atoms with van der Waals surface area (Å²) in [7, 11) is 0. The Balaban J connectivity index is 1.87. The van der Waals surface area contributed by atoms with Gasteiger partial charge in [-0.3, -0.25) is 4.79 Å². The van der Waals surface area contributed by atoms with Crippen LogP contribution < -0.4 is 10.6 Å². The smallest absolute Gasteiger partial charge is 0.246 e. The second kappa shape index (κ2) is 6.53.